The average molecular weight is 387 g/mol. The van der Waals surface area contributed by atoms with Gasteiger partial charge < -0.3 is 5.32 Å². The van der Waals surface area contributed by atoms with E-state index in [1.54, 1.807) is 12.1 Å². The summed E-state index contributed by atoms with van der Waals surface area (Å²) in [4.78, 5) is 6.82. The molecule has 0 fully saturated rings. The van der Waals surface area contributed by atoms with Gasteiger partial charge in [-0.1, -0.05) is 11.6 Å². The monoisotopic (exact) mass is 385 g/mol. The maximum absolute atomic E-state index is 12.6. The van der Waals surface area contributed by atoms with Crippen LogP contribution in [0.15, 0.2) is 28.7 Å². The highest BCUT2D eigenvalue weighted by molar-refractivity contribution is 9.10. The van der Waals surface area contributed by atoms with Gasteiger partial charge in [0.05, 0.1) is 5.02 Å². The fourth-order valence-corrected chi connectivity index (χ4v) is 1.96. The Bertz CT molecular complexity index is 649. The summed E-state index contributed by atoms with van der Waals surface area (Å²) in [5, 5.41) is 2.60. The van der Waals surface area contributed by atoms with Crippen LogP contribution in [0.5, 0.6) is 0 Å². The van der Waals surface area contributed by atoms with Gasteiger partial charge in [0.15, 0.2) is 5.69 Å². The van der Waals surface area contributed by atoms with E-state index in [-0.39, 0.29) is 5.82 Å². The minimum absolute atomic E-state index is 0.0734. The number of hydrogen-bond donors (Lipinski definition) is 1. The van der Waals surface area contributed by atoms with Crippen molar-refractivity contribution in [1.29, 1.82) is 0 Å². The van der Waals surface area contributed by atoms with Crippen LogP contribution in [0.1, 0.15) is 5.69 Å². The maximum Gasteiger partial charge on any atom is 0.433 e. The summed E-state index contributed by atoms with van der Waals surface area (Å²) in [6.45, 7) is 0. The summed E-state index contributed by atoms with van der Waals surface area (Å²) in [6, 6.07) is 5.58. The van der Waals surface area contributed by atoms with Gasteiger partial charge in [-0.15, -0.1) is 0 Å². The molecule has 0 saturated carbocycles. The van der Waals surface area contributed by atoms with Crippen molar-refractivity contribution in [3.63, 3.8) is 0 Å². The molecule has 20 heavy (non-hydrogen) atoms. The SMILES string of the molecule is FC(F)(F)c1cc(Nc2ccc(Br)c(Cl)c2)nc(Cl)n1. The fraction of sp³-hybridized carbons (Fsp3) is 0.0909. The lowest BCUT2D eigenvalue weighted by Gasteiger charge is -2.10. The molecule has 0 unspecified atom stereocenters. The van der Waals surface area contributed by atoms with Crippen LogP contribution in [0.25, 0.3) is 0 Å². The number of nitrogens with one attached hydrogen (secondary N) is 1. The molecule has 0 aliphatic heterocycles. The third-order valence-corrected chi connectivity index (χ3v) is 3.58. The molecule has 3 nitrogen and oxygen atoms in total. The van der Waals surface area contributed by atoms with Gasteiger partial charge in [-0.05, 0) is 45.7 Å². The first kappa shape index (κ1) is 15.3. The Morgan fingerprint density at radius 3 is 2.40 bits per heavy atom. The topological polar surface area (TPSA) is 37.8 Å². The predicted octanol–water partition coefficient (Wildman–Crippen LogP) is 5.31. The van der Waals surface area contributed by atoms with Crippen molar-refractivity contribution in [2.24, 2.45) is 0 Å². The second-order valence-electron chi connectivity index (χ2n) is 3.66. The molecule has 0 aliphatic rings. The molecule has 2 rings (SSSR count). The van der Waals surface area contributed by atoms with Gasteiger partial charge in [0.1, 0.15) is 5.82 Å². The molecule has 9 heteroatoms. The van der Waals surface area contributed by atoms with Gasteiger partial charge in [-0.25, -0.2) is 9.97 Å². The summed E-state index contributed by atoms with van der Waals surface area (Å²) in [7, 11) is 0. The van der Waals surface area contributed by atoms with Crippen molar-refractivity contribution < 1.29 is 13.2 Å². The largest absolute Gasteiger partial charge is 0.433 e. The molecule has 1 aromatic carbocycles. The van der Waals surface area contributed by atoms with Gasteiger partial charge in [0.2, 0.25) is 5.28 Å². The van der Waals surface area contributed by atoms with Crippen LogP contribution in [0.2, 0.25) is 10.3 Å². The second kappa shape index (κ2) is 5.75. The molecule has 1 heterocycles. The van der Waals surface area contributed by atoms with E-state index in [9.17, 15) is 13.2 Å². The van der Waals surface area contributed by atoms with Crippen LogP contribution in [0, 0.1) is 0 Å². The summed E-state index contributed by atoms with van der Waals surface area (Å²) < 4.78 is 38.5. The highest BCUT2D eigenvalue weighted by Gasteiger charge is 2.33. The van der Waals surface area contributed by atoms with Crippen molar-refractivity contribution in [3.8, 4) is 0 Å². The minimum Gasteiger partial charge on any atom is -0.340 e. The summed E-state index contributed by atoms with van der Waals surface area (Å²) in [5.41, 5.74) is -0.649. The lowest BCUT2D eigenvalue weighted by molar-refractivity contribution is -0.141. The summed E-state index contributed by atoms with van der Waals surface area (Å²) in [6.07, 6.45) is -4.60. The molecule has 0 atom stereocenters. The standard InChI is InChI=1S/C11H5BrCl2F3N3/c12-6-2-1-5(3-7(6)13)18-9-4-8(11(15,16)17)19-10(14)20-9/h1-4H,(H,18,19,20). The Labute approximate surface area is 130 Å². The lowest BCUT2D eigenvalue weighted by Crippen LogP contribution is -2.10. The number of anilines is 2. The van der Waals surface area contributed by atoms with E-state index in [1.807, 2.05) is 0 Å². The molecule has 1 N–H and O–H groups in total. The number of benzene rings is 1. The summed E-state index contributed by atoms with van der Waals surface area (Å²) in [5.74, 6) is -0.0734. The normalized spacial score (nSPS) is 11.5. The van der Waals surface area contributed by atoms with E-state index < -0.39 is 17.2 Å². The molecule has 0 saturated heterocycles. The van der Waals surface area contributed by atoms with Crippen LogP contribution in [-0.4, -0.2) is 9.97 Å². The van der Waals surface area contributed by atoms with E-state index in [0.29, 0.717) is 15.2 Å². The van der Waals surface area contributed by atoms with Crippen molar-refractivity contribution >= 4 is 50.6 Å². The van der Waals surface area contributed by atoms with Crippen LogP contribution < -0.4 is 5.32 Å². The molecule has 1 aromatic heterocycles. The Hall–Kier alpha value is -1.05. The third kappa shape index (κ3) is 3.74. The van der Waals surface area contributed by atoms with Crippen LogP contribution in [0.3, 0.4) is 0 Å². The number of rotatable bonds is 2. The number of aromatic nitrogens is 2. The van der Waals surface area contributed by atoms with E-state index >= 15 is 0 Å². The number of hydrogen-bond acceptors (Lipinski definition) is 3. The molecule has 0 spiro atoms. The van der Waals surface area contributed by atoms with Crippen LogP contribution in [0.4, 0.5) is 24.7 Å². The van der Waals surface area contributed by atoms with E-state index in [1.165, 1.54) is 6.07 Å². The first-order valence-electron chi connectivity index (χ1n) is 5.09. The predicted molar refractivity (Wildman–Crippen MR) is 74.5 cm³/mol. The molecular formula is C11H5BrCl2F3N3. The van der Waals surface area contributed by atoms with Crippen molar-refractivity contribution in [3.05, 3.63) is 44.7 Å². The second-order valence-corrected chi connectivity index (χ2v) is 5.26. The number of nitrogens with zero attached hydrogens (tertiary/aromatic N) is 2. The van der Waals surface area contributed by atoms with Crippen LogP contribution in [-0.2, 0) is 6.18 Å². The van der Waals surface area contributed by atoms with Gasteiger partial charge in [-0.2, -0.15) is 13.2 Å². The first-order valence-corrected chi connectivity index (χ1v) is 6.64. The highest BCUT2D eigenvalue weighted by Crippen LogP contribution is 2.31. The van der Waals surface area contributed by atoms with Crippen LogP contribution >= 0.6 is 39.1 Å². The lowest BCUT2D eigenvalue weighted by atomic mass is 10.3. The zero-order chi connectivity index (χ0) is 14.9. The van der Waals surface area contributed by atoms with E-state index in [0.717, 1.165) is 6.07 Å². The van der Waals surface area contributed by atoms with Crippen molar-refractivity contribution in [2.45, 2.75) is 6.18 Å². The molecule has 2 aromatic rings. The Balaban J connectivity index is 2.33. The van der Waals surface area contributed by atoms with Crippen molar-refractivity contribution in [2.75, 3.05) is 5.32 Å². The molecular weight excluding hydrogens is 382 g/mol. The average Bonchev–Trinajstić information content (AvgIpc) is 2.32. The zero-order valence-corrected chi connectivity index (χ0v) is 12.6. The quantitative estimate of drug-likeness (QED) is 0.711. The molecule has 106 valence electrons. The van der Waals surface area contributed by atoms with Gasteiger partial charge in [-0.3, -0.25) is 0 Å². The summed E-state index contributed by atoms with van der Waals surface area (Å²) >= 11 is 14.6. The van der Waals surface area contributed by atoms with Gasteiger partial charge >= 0.3 is 6.18 Å². The fourth-order valence-electron chi connectivity index (χ4n) is 1.35. The minimum atomic E-state index is -4.60. The molecule has 0 aliphatic carbocycles. The highest BCUT2D eigenvalue weighted by atomic mass is 79.9. The maximum atomic E-state index is 12.6. The van der Waals surface area contributed by atoms with Crippen molar-refractivity contribution in [1.82, 2.24) is 9.97 Å². The zero-order valence-electron chi connectivity index (χ0n) is 9.47. The third-order valence-electron chi connectivity index (χ3n) is 2.18. The van der Waals surface area contributed by atoms with Gasteiger partial charge in [0.25, 0.3) is 0 Å². The number of halogens is 6. The molecule has 0 bridgehead atoms. The Morgan fingerprint density at radius 1 is 1.10 bits per heavy atom. The Morgan fingerprint density at radius 2 is 1.80 bits per heavy atom. The molecule has 0 radical (unpaired) electrons. The van der Waals surface area contributed by atoms with Gasteiger partial charge in [0, 0.05) is 16.2 Å². The number of alkyl halides is 3. The van der Waals surface area contributed by atoms with E-state index in [2.05, 4.69) is 31.2 Å². The molecule has 0 amide bonds. The first-order chi connectivity index (χ1) is 9.25. The smallest absolute Gasteiger partial charge is 0.340 e. The van der Waals surface area contributed by atoms with E-state index in [4.69, 9.17) is 23.2 Å². The Kier molecular flexibility index (Phi) is 4.41.